The van der Waals surface area contributed by atoms with Crippen molar-refractivity contribution in [1.82, 2.24) is 4.98 Å². The summed E-state index contributed by atoms with van der Waals surface area (Å²) in [5, 5.41) is 12.3. The van der Waals surface area contributed by atoms with Crippen molar-refractivity contribution in [3.8, 4) is 11.3 Å². The molecule has 0 saturated heterocycles. The minimum Gasteiger partial charge on any atom is -0.512 e. The number of carbonyl (C=O) groups is 1. The van der Waals surface area contributed by atoms with Gasteiger partial charge < -0.3 is 10.1 Å². The van der Waals surface area contributed by atoms with Crippen molar-refractivity contribution in [2.75, 3.05) is 0 Å². The molecule has 0 atom stereocenters. The zero-order valence-electron chi connectivity index (χ0n) is 30.0. The second kappa shape index (κ2) is 15.9. The van der Waals surface area contributed by atoms with Crippen molar-refractivity contribution in [2.24, 2.45) is 11.8 Å². The van der Waals surface area contributed by atoms with Gasteiger partial charge in [0.2, 0.25) is 6.71 Å². The van der Waals surface area contributed by atoms with E-state index in [4.69, 9.17) is 9.10 Å². The monoisotopic (exact) mass is 836 g/mol. The molecule has 1 radical (unpaired) electrons. The predicted octanol–water partition coefficient (Wildman–Crippen LogP) is 9.01. The van der Waals surface area contributed by atoms with Crippen molar-refractivity contribution in [3.05, 3.63) is 109 Å². The van der Waals surface area contributed by atoms with E-state index >= 15 is 0 Å². The molecule has 2 aliphatic rings. The number of aromatic nitrogens is 1. The number of carbonyl (C=O) groups excluding carboxylic acids is 1. The van der Waals surface area contributed by atoms with E-state index in [1.807, 2.05) is 29.7 Å². The number of nitrogens with zero attached hydrogens (tertiary/aromatic N) is 1. The van der Waals surface area contributed by atoms with E-state index in [1.54, 1.807) is 27.7 Å². The van der Waals surface area contributed by atoms with Crippen LogP contribution in [0.5, 0.6) is 0 Å². The van der Waals surface area contributed by atoms with Gasteiger partial charge in [-0.05, 0) is 64.1 Å². The topological polar surface area (TPSA) is 50.2 Å². The maximum Gasteiger partial charge on any atom is 0.227 e. The third-order valence-electron chi connectivity index (χ3n) is 8.75. The number of fused-ring (bicyclic) bond motifs is 5. The molecule has 0 saturated carbocycles. The SMILES string of the molecule is [2H]/C(C(=O)C([2H])(CC)CC)=C(/O)C([2H])(CC)CC.[Ir].[c-]1cc2c3c(c1-c1cc4ccccc4cn1)Sc1ccccc1B3c1ccccc1S2. The predicted molar refractivity (Wildman–Crippen MR) is 196 cm³/mol. The van der Waals surface area contributed by atoms with E-state index in [9.17, 15) is 9.90 Å². The average molecular weight is 836 g/mol. The summed E-state index contributed by atoms with van der Waals surface area (Å²) in [4.78, 5) is 22.2. The molecule has 3 nitrogen and oxygen atoms in total. The van der Waals surface area contributed by atoms with Crippen molar-refractivity contribution >= 4 is 63.2 Å². The molecular weight excluding hydrogens is 794 g/mol. The molecule has 5 aromatic rings. The molecule has 2 aliphatic heterocycles. The van der Waals surface area contributed by atoms with Crippen LogP contribution in [0.4, 0.5) is 0 Å². The molecule has 4 aromatic carbocycles. The Morgan fingerprint density at radius 2 is 1.45 bits per heavy atom. The Bertz CT molecular complexity index is 2070. The van der Waals surface area contributed by atoms with Crippen molar-refractivity contribution in [3.63, 3.8) is 0 Å². The van der Waals surface area contributed by atoms with Gasteiger partial charge >= 0.3 is 0 Å². The Morgan fingerprint density at radius 1 is 0.872 bits per heavy atom. The fourth-order valence-corrected chi connectivity index (χ4v) is 8.65. The van der Waals surface area contributed by atoms with Crippen molar-refractivity contribution in [1.29, 1.82) is 0 Å². The number of aliphatic hydroxyl groups excluding tert-OH is 1. The Kier molecular flexibility index (Phi) is 10.5. The van der Waals surface area contributed by atoms with Gasteiger partial charge in [-0.15, -0.1) is 46.7 Å². The Labute approximate surface area is 305 Å². The number of aliphatic hydroxyl groups is 1. The largest absolute Gasteiger partial charge is 0.512 e. The second-order valence-electron chi connectivity index (χ2n) is 11.3. The van der Waals surface area contributed by atoms with Crippen molar-refractivity contribution < 1.29 is 34.1 Å². The maximum absolute atomic E-state index is 12.1. The zero-order chi connectivity index (χ0) is 34.9. The van der Waals surface area contributed by atoms with E-state index in [0.29, 0.717) is 25.7 Å². The first-order valence-electron chi connectivity index (χ1n) is 17.5. The summed E-state index contributed by atoms with van der Waals surface area (Å²) in [6.45, 7) is 7.16. The molecular formula is C40H39BIrNO2S2-. The minimum absolute atomic E-state index is 0. The summed E-state index contributed by atoms with van der Waals surface area (Å²) in [6.07, 6.45) is 3.22. The van der Waals surface area contributed by atoms with Crippen LogP contribution in [0.15, 0.2) is 123 Å². The number of hydrogen-bond acceptors (Lipinski definition) is 5. The van der Waals surface area contributed by atoms with Crippen LogP contribution >= 0.6 is 23.5 Å². The van der Waals surface area contributed by atoms with Gasteiger partial charge in [-0.3, -0.25) is 4.79 Å². The fraction of sp³-hybridized carbons (Fsp3) is 0.250. The third-order valence-corrected chi connectivity index (χ3v) is 11.1. The first kappa shape index (κ1) is 31.2. The Morgan fingerprint density at radius 3 is 2.09 bits per heavy atom. The molecule has 0 unspecified atom stereocenters. The van der Waals surface area contributed by atoms with Crippen LogP contribution in [-0.2, 0) is 24.9 Å². The molecule has 0 spiro atoms. The summed E-state index contributed by atoms with van der Waals surface area (Å²) >= 11 is 3.73. The fourth-order valence-electron chi connectivity index (χ4n) is 6.17. The zero-order valence-corrected chi connectivity index (χ0v) is 31.0. The average Bonchev–Trinajstić information content (AvgIpc) is 3.16. The Hall–Kier alpha value is -3.09. The van der Waals surface area contributed by atoms with Gasteiger partial charge in [-0.2, -0.15) is 0 Å². The standard InChI is InChI=1S/C27H15BNS2.C13H24O2.Ir/c1-2-8-18-16-29-22(15-17(18)7-1)19-13-14-25-26-27(19)31-24-12-6-4-10-21(24)28(26)20-9-3-5-11-23(20)30-25;1-5-10(6-2)12(14)9-13(15)11(7-3)8-4;/h1-12,14-16H;9-11,14H,5-8H2,1-4H3;/q-1;;/b;12-9-;/i;9D,10D,11D;. The van der Waals surface area contributed by atoms with E-state index < -0.39 is 29.4 Å². The minimum atomic E-state index is -1.37. The molecule has 7 heteroatoms. The molecule has 1 N–H and O–H groups in total. The van der Waals surface area contributed by atoms with Gasteiger partial charge in [-0.1, -0.05) is 115 Å². The molecule has 0 amide bonds. The first-order chi connectivity index (χ1) is 23.6. The quantitative estimate of drug-likeness (QED) is 0.0718. The summed E-state index contributed by atoms with van der Waals surface area (Å²) in [7, 11) is 0. The van der Waals surface area contributed by atoms with E-state index in [2.05, 4.69) is 91.0 Å². The van der Waals surface area contributed by atoms with Crippen LogP contribution in [0, 0.1) is 17.9 Å². The second-order valence-corrected chi connectivity index (χ2v) is 13.5. The smallest absolute Gasteiger partial charge is 0.227 e. The molecule has 0 bridgehead atoms. The van der Waals surface area contributed by atoms with Gasteiger partial charge in [0.1, 0.15) is 0 Å². The summed E-state index contributed by atoms with van der Waals surface area (Å²) in [5.74, 6) is -3.86. The normalized spacial score (nSPS) is 14.5. The number of allylic oxidation sites excluding steroid dienone is 2. The van der Waals surface area contributed by atoms with Gasteiger partial charge in [-0.25, -0.2) is 0 Å². The van der Waals surface area contributed by atoms with Gasteiger partial charge in [0.15, 0.2) is 5.78 Å². The summed E-state index contributed by atoms with van der Waals surface area (Å²) < 4.78 is 23.8. The molecule has 3 heterocycles. The van der Waals surface area contributed by atoms with Crippen LogP contribution in [0.25, 0.3) is 22.0 Å². The molecule has 0 aliphatic carbocycles. The number of rotatable bonds is 8. The molecule has 241 valence electrons. The number of ketones is 1. The number of pyridine rings is 1. The molecule has 1 aromatic heterocycles. The van der Waals surface area contributed by atoms with Crippen LogP contribution in [0.1, 0.15) is 57.5 Å². The molecule has 47 heavy (non-hydrogen) atoms. The van der Waals surface area contributed by atoms with E-state index in [-0.39, 0.29) is 26.8 Å². The molecule has 7 rings (SSSR count). The van der Waals surface area contributed by atoms with Gasteiger partial charge in [0, 0.05) is 46.9 Å². The number of hydrogen-bond donors (Lipinski definition) is 1. The Balaban J connectivity index is 0.000000223. The van der Waals surface area contributed by atoms with Gasteiger partial charge in [0.25, 0.3) is 0 Å². The third kappa shape index (κ3) is 7.20. The molecule has 0 fully saturated rings. The van der Waals surface area contributed by atoms with Crippen LogP contribution in [-0.4, -0.2) is 22.6 Å². The van der Waals surface area contributed by atoms with E-state index in [1.165, 1.54) is 46.7 Å². The van der Waals surface area contributed by atoms with E-state index in [0.717, 1.165) is 11.3 Å². The maximum atomic E-state index is 12.1. The summed E-state index contributed by atoms with van der Waals surface area (Å²) in [6, 6.07) is 33.5. The van der Waals surface area contributed by atoms with Crippen molar-refractivity contribution in [2.45, 2.75) is 73.0 Å². The van der Waals surface area contributed by atoms with Gasteiger partial charge in [0.05, 0.1) is 7.13 Å². The summed E-state index contributed by atoms with van der Waals surface area (Å²) in [5.41, 5.74) is 6.31. The van der Waals surface area contributed by atoms with Crippen LogP contribution in [0.3, 0.4) is 0 Å². The van der Waals surface area contributed by atoms with Crippen LogP contribution in [0.2, 0.25) is 0 Å². The first-order valence-corrected chi connectivity index (χ1v) is 17.6. The van der Waals surface area contributed by atoms with Crippen LogP contribution < -0.4 is 16.4 Å². The number of benzene rings is 4.